The molecule has 0 aromatic carbocycles. The highest BCUT2D eigenvalue weighted by molar-refractivity contribution is 7.86. The van der Waals surface area contributed by atoms with Gasteiger partial charge in [-0.15, -0.1) is 0 Å². The summed E-state index contributed by atoms with van der Waals surface area (Å²) >= 11 is 0. The Morgan fingerprint density at radius 3 is 2.71 bits per heavy atom. The Balaban J connectivity index is 2.27. The predicted octanol–water partition coefficient (Wildman–Crippen LogP) is -0.200. The second-order valence-electron chi connectivity index (χ2n) is 5.76. The molecule has 2 rings (SSSR count). The summed E-state index contributed by atoms with van der Waals surface area (Å²) in [5, 5.41) is 2.85. The monoisotopic (exact) mass is 319 g/mol. The topological polar surface area (TPSA) is 79.0 Å². The van der Waals surface area contributed by atoms with Gasteiger partial charge in [-0.3, -0.25) is 4.79 Å². The molecule has 0 aromatic rings. The summed E-state index contributed by atoms with van der Waals surface area (Å²) in [6, 6.07) is -0.240. The number of amides is 1. The van der Waals surface area contributed by atoms with Gasteiger partial charge < -0.3 is 10.1 Å². The molecular formula is C13H25N3O4S. The van der Waals surface area contributed by atoms with Crippen LogP contribution in [-0.4, -0.2) is 69.4 Å². The van der Waals surface area contributed by atoms with E-state index in [2.05, 4.69) is 5.32 Å². The molecule has 2 fully saturated rings. The third kappa shape index (κ3) is 3.74. The van der Waals surface area contributed by atoms with Crippen LogP contribution < -0.4 is 5.32 Å². The van der Waals surface area contributed by atoms with Crippen LogP contribution in [0.2, 0.25) is 0 Å². The molecule has 1 heterocycles. The van der Waals surface area contributed by atoms with Crippen LogP contribution >= 0.6 is 0 Å². The Bertz CT molecular complexity index is 466. The molecule has 2 atom stereocenters. The fourth-order valence-corrected chi connectivity index (χ4v) is 4.43. The second-order valence-corrected chi connectivity index (χ2v) is 7.86. The lowest BCUT2D eigenvalue weighted by Crippen LogP contribution is -2.50. The molecule has 21 heavy (non-hydrogen) atoms. The molecule has 1 saturated heterocycles. The number of nitrogens with zero attached hydrogens (tertiary/aromatic N) is 2. The third-order valence-corrected chi connectivity index (χ3v) is 6.13. The molecule has 2 aliphatic rings. The fraction of sp³-hybridized carbons (Fsp3) is 0.923. The lowest BCUT2D eigenvalue weighted by molar-refractivity contribution is -0.126. The van der Waals surface area contributed by atoms with Crippen molar-refractivity contribution in [2.45, 2.75) is 31.7 Å². The zero-order valence-corrected chi connectivity index (χ0v) is 13.6. The molecule has 0 unspecified atom stereocenters. The first kappa shape index (κ1) is 16.7. The first-order valence-electron chi connectivity index (χ1n) is 7.49. The molecule has 0 aromatic heterocycles. The summed E-state index contributed by atoms with van der Waals surface area (Å²) in [6.45, 7) is 1.87. The molecule has 1 aliphatic carbocycles. The van der Waals surface area contributed by atoms with Crippen molar-refractivity contribution in [2.75, 3.05) is 40.4 Å². The summed E-state index contributed by atoms with van der Waals surface area (Å²) < 4.78 is 33.3. The summed E-state index contributed by atoms with van der Waals surface area (Å²) in [7, 11) is -0.469. The highest BCUT2D eigenvalue weighted by atomic mass is 32.2. The van der Waals surface area contributed by atoms with E-state index in [0.717, 1.165) is 19.3 Å². The Labute approximate surface area is 126 Å². The number of carbonyl (C=O) groups is 1. The lowest BCUT2D eigenvalue weighted by Gasteiger charge is -2.33. The van der Waals surface area contributed by atoms with Gasteiger partial charge in [0, 0.05) is 39.8 Å². The van der Waals surface area contributed by atoms with Crippen LogP contribution in [0.4, 0.5) is 0 Å². The standard InChI is InChI=1S/C13H25N3O4S/c1-15(2)21(18,19)16-8-4-9-20-10-7-14-13(17)11-5-3-6-12(11)16/h11-12H,3-10H2,1-2H3,(H,14,17)/t11-,12+/m1/s1. The van der Waals surface area contributed by atoms with Gasteiger partial charge in [-0.1, -0.05) is 6.42 Å². The number of fused-ring (bicyclic) bond motifs is 1. The molecule has 1 amide bonds. The number of carbonyl (C=O) groups excluding carboxylic acids is 1. The van der Waals surface area contributed by atoms with Crippen molar-refractivity contribution >= 4 is 16.1 Å². The number of ether oxygens (including phenoxy) is 1. The molecule has 1 aliphatic heterocycles. The Kier molecular flexibility index (Phi) is 5.59. The van der Waals surface area contributed by atoms with Crippen LogP contribution in [-0.2, 0) is 19.7 Å². The van der Waals surface area contributed by atoms with E-state index in [1.165, 1.54) is 22.7 Å². The van der Waals surface area contributed by atoms with Crippen molar-refractivity contribution in [1.29, 1.82) is 0 Å². The van der Waals surface area contributed by atoms with Crippen molar-refractivity contribution in [3.8, 4) is 0 Å². The number of hydrogen-bond donors (Lipinski definition) is 1. The minimum absolute atomic E-state index is 0.0537. The Morgan fingerprint density at radius 2 is 2.00 bits per heavy atom. The summed E-state index contributed by atoms with van der Waals surface area (Å²) in [6.07, 6.45) is 3.02. The molecule has 0 radical (unpaired) electrons. The van der Waals surface area contributed by atoms with E-state index in [-0.39, 0.29) is 17.9 Å². The van der Waals surface area contributed by atoms with Gasteiger partial charge in [0.15, 0.2) is 0 Å². The van der Waals surface area contributed by atoms with E-state index in [0.29, 0.717) is 32.7 Å². The number of nitrogens with one attached hydrogen (secondary N) is 1. The highest BCUT2D eigenvalue weighted by Crippen LogP contribution is 2.32. The molecule has 1 N–H and O–H groups in total. The van der Waals surface area contributed by atoms with Gasteiger partial charge in [-0.2, -0.15) is 17.0 Å². The summed E-state index contributed by atoms with van der Waals surface area (Å²) in [4.78, 5) is 12.3. The van der Waals surface area contributed by atoms with E-state index in [1.807, 2.05) is 0 Å². The van der Waals surface area contributed by atoms with E-state index in [1.54, 1.807) is 0 Å². The molecule has 122 valence electrons. The maximum absolute atomic E-state index is 12.6. The van der Waals surface area contributed by atoms with Gasteiger partial charge in [-0.05, 0) is 19.3 Å². The minimum Gasteiger partial charge on any atom is -0.380 e. The van der Waals surface area contributed by atoms with Gasteiger partial charge in [-0.25, -0.2) is 0 Å². The molecule has 0 spiro atoms. The van der Waals surface area contributed by atoms with E-state index in [9.17, 15) is 13.2 Å². The van der Waals surface area contributed by atoms with E-state index >= 15 is 0 Å². The van der Waals surface area contributed by atoms with Crippen LogP contribution in [0.25, 0.3) is 0 Å². The maximum Gasteiger partial charge on any atom is 0.281 e. The SMILES string of the molecule is CN(C)S(=O)(=O)N1CCCOCCNC(=O)[C@@H]2CCC[C@@H]21. The van der Waals surface area contributed by atoms with Crippen LogP contribution in [0.3, 0.4) is 0 Å². The van der Waals surface area contributed by atoms with Crippen LogP contribution in [0.5, 0.6) is 0 Å². The minimum atomic E-state index is -3.53. The Hall–Kier alpha value is -0.700. The molecule has 1 saturated carbocycles. The van der Waals surface area contributed by atoms with Crippen LogP contribution in [0.15, 0.2) is 0 Å². The van der Waals surface area contributed by atoms with Gasteiger partial charge in [0.05, 0.1) is 12.5 Å². The number of hydrogen-bond acceptors (Lipinski definition) is 4. The van der Waals surface area contributed by atoms with Gasteiger partial charge in [0.1, 0.15) is 0 Å². The van der Waals surface area contributed by atoms with Gasteiger partial charge in [0.25, 0.3) is 10.2 Å². The normalized spacial score (nSPS) is 29.8. The molecule has 8 heteroatoms. The maximum atomic E-state index is 12.6. The van der Waals surface area contributed by atoms with Crippen LogP contribution in [0.1, 0.15) is 25.7 Å². The second kappa shape index (κ2) is 7.04. The van der Waals surface area contributed by atoms with E-state index in [4.69, 9.17) is 4.74 Å². The predicted molar refractivity (Wildman–Crippen MR) is 78.9 cm³/mol. The van der Waals surface area contributed by atoms with Crippen molar-refractivity contribution in [1.82, 2.24) is 13.9 Å². The zero-order valence-electron chi connectivity index (χ0n) is 12.7. The number of rotatable bonds is 2. The van der Waals surface area contributed by atoms with Crippen molar-refractivity contribution in [3.05, 3.63) is 0 Å². The van der Waals surface area contributed by atoms with Crippen molar-refractivity contribution in [3.63, 3.8) is 0 Å². The Morgan fingerprint density at radius 1 is 1.24 bits per heavy atom. The summed E-state index contributed by atoms with van der Waals surface area (Å²) in [5.74, 6) is -0.306. The molecular weight excluding hydrogens is 294 g/mol. The van der Waals surface area contributed by atoms with Crippen molar-refractivity contribution < 1.29 is 17.9 Å². The summed E-state index contributed by atoms with van der Waals surface area (Å²) in [5.41, 5.74) is 0. The van der Waals surface area contributed by atoms with E-state index < -0.39 is 10.2 Å². The molecule has 7 nitrogen and oxygen atoms in total. The quantitative estimate of drug-likeness (QED) is 0.764. The van der Waals surface area contributed by atoms with Gasteiger partial charge >= 0.3 is 0 Å². The highest BCUT2D eigenvalue weighted by Gasteiger charge is 2.42. The smallest absolute Gasteiger partial charge is 0.281 e. The zero-order chi connectivity index (χ0) is 15.5. The average molecular weight is 319 g/mol. The van der Waals surface area contributed by atoms with Crippen LogP contribution in [0, 0.1) is 5.92 Å². The van der Waals surface area contributed by atoms with Crippen molar-refractivity contribution in [2.24, 2.45) is 5.92 Å². The first-order chi connectivity index (χ1) is 9.94. The average Bonchev–Trinajstić information content (AvgIpc) is 2.88. The first-order valence-corrected chi connectivity index (χ1v) is 8.89. The fourth-order valence-electron chi connectivity index (χ4n) is 3.06. The molecule has 0 bridgehead atoms. The van der Waals surface area contributed by atoms with Gasteiger partial charge in [0.2, 0.25) is 5.91 Å². The lowest BCUT2D eigenvalue weighted by atomic mass is 10.0. The third-order valence-electron chi connectivity index (χ3n) is 4.16. The largest absolute Gasteiger partial charge is 0.380 e.